The summed E-state index contributed by atoms with van der Waals surface area (Å²) in [5.41, 5.74) is 4.39. The largest absolute Gasteiger partial charge is 0.371 e. The molecule has 0 aromatic heterocycles. The highest BCUT2D eigenvalue weighted by Gasteiger charge is 2.23. The maximum atomic E-state index is 5.88. The fraction of sp³-hybridized carbons (Fsp3) is 0.571. The molecule has 1 fully saturated rings. The van der Waals surface area contributed by atoms with Gasteiger partial charge in [0.1, 0.15) is 0 Å². The Balaban J connectivity index is 1.93. The Morgan fingerprint density at radius 2 is 2.35 bits per heavy atom. The molecule has 17 heavy (non-hydrogen) atoms. The van der Waals surface area contributed by atoms with Crippen LogP contribution in [-0.4, -0.2) is 38.2 Å². The number of rotatable bonds is 1. The topological polar surface area (TPSA) is 24.5 Å². The van der Waals surface area contributed by atoms with Gasteiger partial charge in [-0.25, -0.2) is 0 Å². The van der Waals surface area contributed by atoms with Crippen LogP contribution in [0.2, 0.25) is 0 Å². The van der Waals surface area contributed by atoms with Gasteiger partial charge in [0.15, 0.2) is 0 Å². The van der Waals surface area contributed by atoms with Crippen LogP contribution in [0.15, 0.2) is 18.2 Å². The molecule has 0 bridgehead atoms. The molecular weight excluding hydrogens is 212 g/mol. The van der Waals surface area contributed by atoms with Crippen molar-refractivity contribution >= 4 is 0 Å². The number of likely N-dealkylation sites (N-methyl/N-ethyl adjacent to an activating group) is 1. The SMILES string of the molecule is CN1CCc2cccc(C3CNCCO3)c2C1. The van der Waals surface area contributed by atoms with Crippen LogP contribution in [0.25, 0.3) is 0 Å². The summed E-state index contributed by atoms with van der Waals surface area (Å²) in [6.07, 6.45) is 1.41. The summed E-state index contributed by atoms with van der Waals surface area (Å²) in [5, 5.41) is 3.41. The lowest BCUT2D eigenvalue weighted by atomic mass is 9.92. The van der Waals surface area contributed by atoms with Crippen molar-refractivity contribution in [1.82, 2.24) is 10.2 Å². The van der Waals surface area contributed by atoms with Crippen molar-refractivity contribution in [2.75, 3.05) is 33.3 Å². The van der Waals surface area contributed by atoms with E-state index in [1.165, 1.54) is 29.7 Å². The molecule has 1 unspecified atom stereocenters. The van der Waals surface area contributed by atoms with E-state index in [9.17, 15) is 0 Å². The summed E-state index contributed by atoms with van der Waals surface area (Å²) >= 11 is 0. The number of hydrogen-bond donors (Lipinski definition) is 1. The second-order valence-corrected chi connectivity index (χ2v) is 5.04. The smallest absolute Gasteiger partial charge is 0.0953 e. The van der Waals surface area contributed by atoms with E-state index in [4.69, 9.17) is 4.74 Å². The van der Waals surface area contributed by atoms with Crippen LogP contribution in [0.5, 0.6) is 0 Å². The number of nitrogens with one attached hydrogen (secondary N) is 1. The van der Waals surface area contributed by atoms with E-state index in [-0.39, 0.29) is 6.10 Å². The Kier molecular flexibility index (Phi) is 3.14. The molecular formula is C14H20N2O. The number of fused-ring (bicyclic) bond motifs is 1. The number of morpholine rings is 1. The van der Waals surface area contributed by atoms with E-state index < -0.39 is 0 Å². The van der Waals surface area contributed by atoms with Gasteiger partial charge < -0.3 is 15.0 Å². The maximum Gasteiger partial charge on any atom is 0.0953 e. The summed E-state index contributed by atoms with van der Waals surface area (Å²) in [6.45, 7) is 4.97. The molecule has 0 spiro atoms. The third-order valence-electron chi connectivity index (χ3n) is 3.77. The van der Waals surface area contributed by atoms with Crippen molar-refractivity contribution in [2.45, 2.75) is 19.1 Å². The van der Waals surface area contributed by atoms with Crippen LogP contribution in [0.3, 0.4) is 0 Å². The normalized spacial score (nSPS) is 25.6. The quantitative estimate of drug-likeness (QED) is 0.790. The zero-order valence-corrected chi connectivity index (χ0v) is 10.4. The average molecular weight is 232 g/mol. The van der Waals surface area contributed by atoms with Gasteiger partial charge in [0.25, 0.3) is 0 Å². The average Bonchev–Trinajstić information content (AvgIpc) is 2.39. The van der Waals surface area contributed by atoms with Crippen molar-refractivity contribution in [3.63, 3.8) is 0 Å². The summed E-state index contributed by atoms with van der Waals surface area (Å²) < 4.78 is 5.88. The van der Waals surface area contributed by atoms with E-state index in [1.807, 2.05) is 0 Å². The molecule has 0 aliphatic carbocycles. The van der Waals surface area contributed by atoms with Crippen molar-refractivity contribution < 1.29 is 4.74 Å². The van der Waals surface area contributed by atoms with Gasteiger partial charge in [-0.1, -0.05) is 18.2 Å². The molecule has 1 aromatic carbocycles. The molecule has 2 aliphatic rings. The van der Waals surface area contributed by atoms with Crippen molar-refractivity contribution in [3.05, 3.63) is 34.9 Å². The lowest BCUT2D eigenvalue weighted by Gasteiger charge is -2.31. The first kappa shape index (κ1) is 11.2. The highest BCUT2D eigenvalue weighted by molar-refractivity contribution is 5.38. The van der Waals surface area contributed by atoms with Crippen molar-refractivity contribution in [1.29, 1.82) is 0 Å². The first-order valence-corrected chi connectivity index (χ1v) is 6.46. The standard InChI is InChI=1S/C14H20N2O/c1-16-7-5-11-3-2-4-12(13(11)10-16)14-9-15-6-8-17-14/h2-4,14-15H,5-10H2,1H3. The molecule has 0 amide bonds. The van der Waals surface area contributed by atoms with Crippen molar-refractivity contribution in [2.24, 2.45) is 0 Å². The Labute approximate surface area is 103 Å². The zero-order valence-electron chi connectivity index (χ0n) is 10.4. The number of ether oxygens (including phenoxy) is 1. The molecule has 1 aromatic rings. The number of benzene rings is 1. The first-order valence-electron chi connectivity index (χ1n) is 6.46. The van der Waals surface area contributed by atoms with E-state index in [2.05, 4.69) is 35.5 Å². The van der Waals surface area contributed by atoms with E-state index >= 15 is 0 Å². The third kappa shape index (κ3) is 2.23. The summed E-state index contributed by atoms with van der Waals surface area (Å²) in [5.74, 6) is 0. The first-order chi connectivity index (χ1) is 8.34. The monoisotopic (exact) mass is 232 g/mol. The van der Waals surface area contributed by atoms with Gasteiger partial charge in [-0.05, 0) is 30.2 Å². The van der Waals surface area contributed by atoms with Crippen molar-refractivity contribution in [3.8, 4) is 0 Å². The maximum absolute atomic E-state index is 5.88. The van der Waals surface area contributed by atoms with Gasteiger partial charge in [-0.15, -0.1) is 0 Å². The van der Waals surface area contributed by atoms with E-state index in [0.29, 0.717) is 0 Å². The molecule has 3 rings (SSSR count). The van der Waals surface area contributed by atoms with Gasteiger partial charge in [0, 0.05) is 26.2 Å². The van der Waals surface area contributed by atoms with Gasteiger partial charge in [0.2, 0.25) is 0 Å². The molecule has 2 heterocycles. The fourth-order valence-corrected chi connectivity index (χ4v) is 2.81. The Hall–Kier alpha value is -0.900. The second kappa shape index (κ2) is 4.77. The van der Waals surface area contributed by atoms with Gasteiger partial charge in [-0.2, -0.15) is 0 Å². The van der Waals surface area contributed by atoms with Crippen LogP contribution < -0.4 is 5.32 Å². The highest BCUT2D eigenvalue weighted by atomic mass is 16.5. The minimum Gasteiger partial charge on any atom is -0.371 e. The summed E-state index contributed by atoms with van der Waals surface area (Å²) in [4.78, 5) is 2.39. The molecule has 92 valence electrons. The van der Waals surface area contributed by atoms with Gasteiger partial charge in [0.05, 0.1) is 12.7 Å². The van der Waals surface area contributed by atoms with E-state index in [1.54, 1.807) is 0 Å². The minimum atomic E-state index is 0.241. The molecule has 1 N–H and O–H groups in total. The predicted octanol–water partition coefficient (Wildman–Crippen LogP) is 1.34. The van der Waals surface area contributed by atoms with Crippen LogP contribution >= 0.6 is 0 Å². The number of hydrogen-bond acceptors (Lipinski definition) is 3. The zero-order chi connectivity index (χ0) is 11.7. The molecule has 1 atom stereocenters. The lowest BCUT2D eigenvalue weighted by Crippen LogP contribution is -2.35. The number of nitrogens with zero attached hydrogens (tertiary/aromatic N) is 1. The molecule has 0 radical (unpaired) electrons. The predicted molar refractivity (Wildman–Crippen MR) is 68.0 cm³/mol. The Morgan fingerprint density at radius 1 is 1.41 bits per heavy atom. The molecule has 3 nitrogen and oxygen atoms in total. The summed E-state index contributed by atoms with van der Waals surface area (Å²) in [6, 6.07) is 6.68. The van der Waals surface area contributed by atoms with Crippen LogP contribution in [0, 0.1) is 0 Å². The fourth-order valence-electron chi connectivity index (χ4n) is 2.81. The highest BCUT2D eigenvalue weighted by Crippen LogP contribution is 2.28. The molecule has 3 heteroatoms. The van der Waals surface area contributed by atoms with Gasteiger partial charge in [-0.3, -0.25) is 0 Å². The van der Waals surface area contributed by atoms with Crippen LogP contribution in [-0.2, 0) is 17.7 Å². The molecule has 0 saturated carbocycles. The molecule has 2 aliphatic heterocycles. The third-order valence-corrected chi connectivity index (χ3v) is 3.77. The Morgan fingerprint density at radius 3 is 3.18 bits per heavy atom. The van der Waals surface area contributed by atoms with E-state index in [0.717, 1.165) is 26.2 Å². The Bertz CT molecular complexity index is 399. The summed E-state index contributed by atoms with van der Waals surface area (Å²) in [7, 11) is 2.19. The van der Waals surface area contributed by atoms with Crippen LogP contribution in [0.1, 0.15) is 22.8 Å². The second-order valence-electron chi connectivity index (χ2n) is 5.04. The van der Waals surface area contributed by atoms with Crippen LogP contribution in [0.4, 0.5) is 0 Å². The van der Waals surface area contributed by atoms with Gasteiger partial charge >= 0.3 is 0 Å². The lowest BCUT2D eigenvalue weighted by molar-refractivity contribution is 0.0266. The molecule has 1 saturated heterocycles. The minimum absolute atomic E-state index is 0.241.